The Morgan fingerprint density at radius 2 is 2.50 bits per heavy atom. The minimum atomic E-state index is -1.02. The molecule has 1 aromatic heterocycles. The van der Waals surface area contributed by atoms with Gasteiger partial charge in [-0.2, -0.15) is 5.10 Å². The van der Waals surface area contributed by atoms with Crippen molar-refractivity contribution in [2.75, 3.05) is 18.0 Å². The zero-order valence-corrected chi connectivity index (χ0v) is 8.51. The first kappa shape index (κ1) is 10.5. The predicted octanol–water partition coefficient (Wildman–Crippen LogP) is -0.384. The van der Waals surface area contributed by atoms with Crippen molar-refractivity contribution in [1.29, 1.82) is 0 Å². The number of anilines is 1. The number of nitrogens with zero attached hydrogens (tertiary/aromatic N) is 2. The van der Waals surface area contributed by atoms with Crippen LogP contribution < -0.4 is 15.8 Å². The van der Waals surface area contributed by atoms with Crippen molar-refractivity contribution in [2.45, 2.75) is 12.5 Å². The Labute approximate surface area is 91.1 Å². The second kappa shape index (κ2) is 4.21. The van der Waals surface area contributed by atoms with Crippen LogP contribution in [-0.2, 0) is 0 Å². The number of carboxylic acid groups (broad SMARTS) is 1. The van der Waals surface area contributed by atoms with Crippen LogP contribution >= 0.6 is 0 Å². The molecular weight excluding hydrogens is 212 g/mol. The van der Waals surface area contributed by atoms with Gasteiger partial charge in [0.25, 0.3) is 5.56 Å². The van der Waals surface area contributed by atoms with Crippen molar-refractivity contribution < 1.29 is 9.90 Å². The highest BCUT2D eigenvalue weighted by Crippen LogP contribution is 2.17. The minimum Gasteiger partial charge on any atom is -0.465 e. The van der Waals surface area contributed by atoms with Gasteiger partial charge in [-0.05, 0) is 6.42 Å². The fourth-order valence-corrected chi connectivity index (χ4v) is 1.83. The number of hydrogen-bond donors (Lipinski definition) is 3. The Bertz CT molecular complexity index is 444. The summed E-state index contributed by atoms with van der Waals surface area (Å²) in [4.78, 5) is 23.4. The van der Waals surface area contributed by atoms with Gasteiger partial charge >= 0.3 is 6.09 Å². The molecule has 2 rings (SSSR count). The maximum atomic E-state index is 11.1. The Hall–Kier alpha value is -2.05. The van der Waals surface area contributed by atoms with E-state index in [1.807, 2.05) is 4.90 Å². The molecule has 7 heteroatoms. The molecule has 0 aliphatic carbocycles. The summed E-state index contributed by atoms with van der Waals surface area (Å²) >= 11 is 0. The van der Waals surface area contributed by atoms with E-state index < -0.39 is 6.09 Å². The van der Waals surface area contributed by atoms with Crippen LogP contribution in [0.15, 0.2) is 17.1 Å². The number of hydrogen-bond acceptors (Lipinski definition) is 4. The molecule has 1 saturated heterocycles. The van der Waals surface area contributed by atoms with E-state index in [-0.39, 0.29) is 11.6 Å². The SMILES string of the molecule is O=C(O)N[C@@H]1CCN(c2cn[nH]c(=O)c2)C1. The molecule has 1 fully saturated rings. The van der Waals surface area contributed by atoms with Crippen LogP contribution in [0.4, 0.5) is 10.5 Å². The average Bonchev–Trinajstić information content (AvgIpc) is 2.65. The van der Waals surface area contributed by atoms with E-state index in [2.05, 4.69) is 15.5 Å². The summed E-state index contributed by atoms with van der Waals surface area (Å²) in [6.07, 6.45) is 1.28. The first-order chi connectivity index (χ1) is 7.65. The molecule has 7 nitrogen and oxygen atoms in total. The van der Waals surface area contributed by atoms with Gasteiger partial charge in [0.2, 0.25) is 0 Å². The van der Waals surface area contributed by atoms with E-state index in [1.54, 1.807) is 6.20 Å². The molecule has 0 unspecified atom stereocenters. The highest BCUT2D eigenvalue weighted by atomic mass is 16.4. The third kappa shape index (κ3) is 2.30. The summed E-state index contributed by atoms with van der Waals surface area (Å²) in [5, 5.41) is 17.0. The lowest BCUT2D eigenvalue weighted by Crippen LogP contribution is -2.36. The minimum absolute atomic E-state index is 0.0863. The van der Waals surface area contributed by atoms with Gasteiger partial charge in [0.15, 0.2) is 0 Å². The molecular formula is C9H12N4O3. The third-order valence-corrected chi connectivity index (χ3v) is 2.53. The lowest BCUT2D eigenvalue weighted by atomic mass is 10.3. The van der Waals surface area contributed by atoms with Crippen LogP contribution in [0.2, 0.25) is 0 Å². The first-order valence-electron chi connectivity index (χ1n) is 4.94. The number of H-pyrrole nitrogens is 1. The maximum Gasteiger partial charge on any atom is 0.404 e. The van der Waals surface area contributed by atoms with E-state index in [9.17, 15) is 9.59 Å². The van der Waals surface area contributed by atoms with Gasteiger partial charge in [-0.1, -0.05) is 0 Å². The molecule has 2 heterocycles. The van der Waals surface area contributed by atoms with Gasteiger partial charge in [-0.3, -0.25) is 4.79 Å². The smallest absolute Gasteiger partial charge is 0.404 e. The lowest BCUT2D eigenvalue weighted by molar-refractivity contribution is 0.191. The van der Waals surface area contributed by atoms with Gasteiger partial charge in [-0.15, -0.1) is 0 Å². The standard InChI is InChI=1S/C9H12N4O3/c14-8-3-7(4-10-12-8)13-2-1-6(5-13)11-9(15)16/h3-4,6,11H,1-2,5H2,(H,12,14)(H,15,16)/t6-/m1/s1. The summed E-state index contributed by atoms with van der Waals surface area (Å²) in [5.41, 5.74) is 0.464. The van der Waals surface area contributed by atoms with E-state index in [0.29, 0.717) is 6.54 Å². The van der Waals surface area contributed by atoms with E-state index in [4.69, 9.17) is 5.11 Å². The van der Waals surface area contributed by atoms with Crippen LogP contribution in [0.1, 0.15) is 6.42 Å². The molecule has 0 radical (unpaired) electrons. The van der Waals surface area contributed by atoms with Crippen LogP contribution in [0.25, 0.3) is 0 Å². The number of aromatic amines is 1. The molecule has 1 aliphatic heterocycles. The van der Waals surface area contributed by atoms with Gasteiger partial charge in [0.05, 0.1) is 17.9 Å². The first-order valence-corrected chi connectivity index (χ1v) is 4.94. The number of amides is 1. The molecule has 0 aromatic carbocycles. The Balaban J connectivity index is 2.03. The van der Waals surface area contributed by atoms with Crippen LogP contribution in [-0.4, -0.2) is 40.5 Å². The molecule has 1 amide bonds. The second-order valence-electron chi connectivity index (χ2n) is 3.68. The zero-order chi connectivity index (χ0) is 11.5. The van der Waals surface area contributed by atoms with Crippen molar-refractivity contribution in [1.82, 2.24) is 15.5 Å². The molecule has 1 aliphatic rings. The lowest BCUT2D eigenvalue weighted by Gasteiger charge is -2.17. The molecule has 1 aromatic rings. The molecule has 0 saturated carbocycles. The van der Waals surface area contributed by atoms with Gasteiger partial charge in [0.1, 0.15) is 0 Å². The van der Waals surface area contributed by atoms with Crippen molar-refractivity contribution in [3.63, 3.8) is 0 Å². The Kier molecular flexibility index (Phi) is 2.76. The Morgan fingerprint density at radius 1 is 1.69 bits per heavy atom. The number of rotatable bonds is 2. The van der Waals surface area contributed by atoms with E-state index in [0.717, 1.165) is 18.7 Å². The second-order valence-corrected chi connectivity index (χ2v) is 3.68. The summed E-state index contributed by atoms with van der Waals surface area (Å²) in [6, 6.07) is 1.37. The monoisotopic (exact) mass is 224 g/mol. The molecule has 3 N–H and O–H groups in total. The fraction of sp³-hybridized carbons (Fsp3) is 0.444. The highest BCUT2D eigenvalue weighted by Gasteiger charge is 2.24. The van der Waals surface area contributed by atoms with Gasteiger partial charge in [0, 0.05) is 19.2 Å². The molecule has 1 atom stereocenters. The number of aromatic nitrogens is 2. The fourth-order valence-electron chi connectivity index (χ4n) is 1.83. The highest BCUT2D eigenvalue weighted by molar-refractivity contribution is 5.65. The van der Waals surface area contributed by atoms with Gasteiger partial charge in [-0.25, -0.2) is 9.89 Å². The van der Waals surface area contributed by atoms with E-state index in [1.165, 1.54) is 6.07 Å². The van der Waals surface area contributed by atoms with Crippen molar-refractivity contribution in [2.24, 2.45) is 0 Å². The van der Waals surface area contributed by atoms with Crippen molar-refractivity contribution in [3.05, 3.63) is 22.6 Å². The zero-order valence-electron chi connectivity index (χ0n) is 8.51. The van der Waals surface area contributed by atoms with Crippen molar-refractivity contribution >= 4 is 11.8 Å². The van der Waals surface area contributed by atoms with E-state index >= 15 is 0 Å². The normalized spacial score (nSPS) is 19.8. The summed E-state index contributed by atoms with van der Waals surface area (Å²) in [5.74, 6) is 0. The van der Waals surface area contributed by atoms with Crippen molar-refractivity contribution in [3.8, 4) is 0 Å². The summed E-state index contributed by atoms with van der Waals surface area (Å²) in [7, 11) is 0. The van der Waals surface area contributed by atoms with Crippen LogP contribution in [0, 0.1) is 0 Å². The molecule has 86 valence electrons. The third-order valence-electron chi connectivity index (χ3n) is 2.53. The van der Waals surface area contributed by atoms with Gasteiger partial charge < -0.3 is 15.3 Å². The largest absolute Gasteiger partial charge is 0.465 e. The molecule has 16 heavy (non-hydrogen) atoms. The number of carbonyl (C=O) groups is 1. The average molecular weight is 224 g/mol. The Morgan fingerprint density at radius 3 is 3.19 bits per heavy atom. The molecule has 0 spiro atoms. The summed E-state index contributed by atoms with van der Waals surface area (Å²) in [6.45, 7) is 1.29. The topological polar surface area (TPSA) is 98.3 Å². The quantitative estimate of drug-likeness (QED) is 0.635. The molecule has 0 bridgehead atoms. The van der Waals surface area contributed by atoms with Crippen LogP contribution in [0.5, 0.6) is 0 Å². The summed E-state index contributed by atoms with van der Waals surface area (Å²) < 4.78 is 0. The maximum absolute atomic E-state index is 11.1. The number of nitrogens with one attached hydrogen (secondary N) is 2. The predicted molar refractivity (Wildman–Crippen MR) is 56.6 cm³/mol. The van der Waals surface area contributed by atoms with Crippen LogP contribution in [0.3, 0.4) is 0 Å².